The van der Waals surface area contributed by atoms with Gasteiger partial charge in [0.2, 0.25) is 5.82 Å². The Kier molecular flexibility index (Phi) is 4.98. The number of tetrazole rings is 1. The van der Waals surface area contributed by atoms with E-state index in [1.54, 1.807) is 24.3 Å². The van der Waals surface area contributed by atoms with Crippen molar-refractivity contribution in [3.63, 3.8) is 0 Å². The molecule has 7 heteroatoms. The van der Waals surface area contributed by atoms with E-state index in [0.717, 1.165) is 0 Å². The predicted octanol–water partition coefficient (Wildman–Crippen LogP) is 2.41. The fourth-order valence-corrected chi connectivity index (χ4v) is 2.09. The van der Waals surface area contributed by atoms with Gasteiger partial charge in [-0.15, -0.1) is 10.2 Å². The lowest BCUT2D eigenvalue weighted by Crippen LogP contribution is -2.25. The van der Waals surface area contributed by atoms with Gasteiger partial charge < -0.3 is 9.84 Å². The predicted molar refractivity (Wildman–Crippen MR) is 84.5 cm³/mol. The summed E-state index contributed by atoms with van der Waals surface area (Å²) in [5.41, 5.74) is 0.209. The number of aromatic hydroxyl groups is 1. The van der Waals surface area contributed by atoms with E-state index < -0.39 is 5.60 Å². The zero-order chi connectivity index (χ0) is 17.0. The first-order chi connectivity index (χ1) is 10.7. The third-order valence-corrected chi connectivity index (χ3v) is 2.97. The number of carbonyl (C=O) groups excluding carboxylic acids is 1. The summed E-state index contributed by atoms with van der Waals surface area (Å²) in [5.74, 6) is 0.372. The summed E-state index contributed by atoms with van der Waals surface area (Å²) in [6.45, 7) is 7.93. The van der Waals surface area contributed by atoms with Gasteiger partial charge in [0.05, 0.1) is 6.54 Å². The van der Waals surface area contributed by atoms with E-state index in [4.69, 9.17) is 4.74 Å². The molecule has 1 heterocycles. The molecular weight excluding hydrogens is 296 g/mol. The van der Waals surface area contributed by atoms with Gasteiger partial charge in [0.25, 0.3) is 0 Å². The molecule has 0 saturated heterocycles. The second-order valence-corrected chi connectivity index (χ2v) is 6.61. The second-order valence-electron chi connectivity index (χ2n) is 6.61. The van der Waals surface area contributed by atoms with Gasteiger partial charge in [-0.25, -0.2) is 0 Å². The van der Waals surface area contributed by atoms with Crippen molar-refractivity contribution in [2.24, 2.45) is 5.92 Å². The number of aromatic nitrogens is 4. The average molecular weight is 318 g/mol. The van der Waals surface area contributed by atoms with Crippen molar-refractivity contribution in [2.75, 3.05) is 0 Å². The molecule has 0 bridgehead atoms. The van der Waals surface area contributed by atoms with Crippen LogP contribution >= 0.6 is 0 Å². The standard InChI is InChI=1S/C16H22N4O3/c1-11(8-14(22)23-16(2,3)4)10-20-18-15(17-19-20)12-6-5-7-13(21)9-12/h5-7,9,11,21H,8,10H2,1-4H3/t11-/m1/s1. The van der Waals surface area contributed by atoms with E-state index in [0.29, 0.717) is 24.4 Å². The van der Waals surface area contributed by atoms with Crippen LogP contribution in [0.25, 0.3) is 11.4 Å². The van der Waals surface area contributed by atoms with Crippen molar-refractivity contribution in [2.45, 2.75) is 46.3 Å². The highest BCUT2D eigenvalue weighted by Crippen LogP contribution is 2.19. The van der Waals surface area contributed by atoms with Gasteiger partial charge in [-0.3, -0.25) is 4.79 Å². The summed E-state index contributed by atoms with van der Waals surface area (Å²) >= 11 is 0. The summed E-state index contributed by atoms with van der Waals surface area (Å²) in [4.78, 5) is 13.3. The van der Waals surface area contributed by atoms with Gasteiger partial charge in [0, 0.05) is 12.0 Å². The molecule has 124 valence electrons. The van der Waals surface area contributed by atoms with Gasteiger partial charge in [-0.1, -0.05) is 19.1 Å². The molecule has 1 N–H and O–H groups in total. The largest absolute Gasteiger partial charge is 0.508 e. The molecule has 1 atom stereocenters. The summed E-state index contributed by atoms with van der Waals surface area (Å²) in [5, 5.41) is 21.7. The number of hydrogen-bond donors (Lipinski definition) is 1. The fraction of sp³-hybridized carbons (Fsp3) is 0.500. The first kappa shape index (κ1) is 16.9. The lowest BCUT2D eigenvalue weighted by Gasteiger charge is -2.20. The van der Waals surface area contributed by atoms with Crippen LogP contribution in [0, 0.1) is 5.92 Å². The molecule has 2 rings (SSSR count). The molecule has 23 heavy (non-hydrogen) atoms. The smallest absolute Gasteiger partial charge is 0.306 e. The first-order valence-corrected chi connectivity index (χ1v) is 7.52. The summed E-state index contributed by atoms with van der Waals surface area (Å²) < 4.78 is 5.30. The van der Waals surface area contributed by atoms with E-state index in [1.807, 2.05) is 27.7 Å². The molecule has 1 aromatic carbocycles. The maximum absolute atomic E-state index is 11.8. The molecule has 0 aliphatic carbocycles. The molecule has 2 aromatic rings. The highest BCUT2D eigenvalue weighted by molar-refractivity contribution is 5.70. The number of phenolic OH excluding ortho intramolecular Hbond substituents is 1. The molecule has 0 aliphatic heterocycles. The molecule has 0 aliphatic rings. The molecule has 0 spiro atoms. The lowest BCUT2D eigenvalue weighted by molar-refractivity contribution is -0.155. The zero-order valence-corrected chi connectivity index (χ0v) is 13.9. The zero-order valence-electron chi connectivity index (χ0n) is 13.9. The van der Waals surface area contributed by atoms with Crippen LogP contribution < -0.4 is 0 Å². The number of hydrogen-bond acceptors (Lipinski definition) is 6. The van der Waals surface area contributed by atoms with Crippen molar-refractivity contribution in [1.29, 1.82) is 0 Å². The minimum absolute atomic E-state index is 0.0241. The average Bonchev–Trinajstić information content (AvgIpc) is 2.84. The Hall–Kier alpha value is -2.44. The van der Waals surface area contributed by atoms with Crippen molar-refractivity contribution in [3.8, 4) is 17.1 Å². The van der Waals surface area contributed by atoms with E-state index in [9.17, 15) is 9.90 Å². The molecule has 7 nitrogen and oxygen atoms in total. The Morgan fingerprint density at radius 2 is 2.13 bits per heavy atom. The summed E-state index contributed by atoms with van der Waals surface area (Å²) in [6.07, 6.45) is 0.292. The minimum atomic E-state index is -0.481. The van der Waals surface area contributed by atoms with Crippen LogP contribution in [0.3, 0.4) is 0 Å². The van der Waals surface area contributed by atoms with Crippen LogP contribution in [0.15, 0.2) is 24.3 Å². The van der Waals surface area contributed by atoms with Crippen molar-refractivity contribution >= 4 is 5.97 Å². The van der Waals surface area contributed by atoms with Crippen LogP contribution in [-0.2, 0) is 16.1 Å². The lowest BCUT2D eigenvalue weighted by atomic mass is 10.1. The van der Waals surface area contributed by atoms with E-state index in [-0.39, 0.29) is 17.6 Å². The third kappa shape index (κ3) is 5.36. The van der Waals surface area contributed by atoms with Crippen LogP contribution in [0.4, 0.5) is 0 Å². The quantitative estimate of drug-likeness (QED) is 0.851. The molecule has 0 amide bonds. The highest BCUT2D eigenvalue weighted by Gasteiger charge is 2.19. The summed E-state index contributed by atoms with van der Waals surface area (Å²) in [7, 11) is 0. The molecule has 0 saturated carbocycles. The Bertz CT molecular complexity index is 676. The van der Waals surface area contributed by atoms with Crippen LogP contribution in [0.2, 0.25) is 0 Å². The van der Waals surface area contributed by atoms with Gasteiger partial charge in [0.1, 0.15) is 11.4 Å². The van der Waals surface area contributed by atoms with Crippen LogP contribution in [0.5, 0.6) is 5.75 Å². The van der Waals surface area contributed by atoms with Crippen LogP contribution in [0.1, 0.15) is 34.1 Å². The molecule has 1 aromatic heterocycles. The Balaban J connectivity index is 1.95. The molecule has 0 radical (unpaired) electrons. The number of nitrogens with zero attached hydrogens (tertiary/aromatic N) is 4. The van der Waals surface area contributed by atoms with Gasteiger partial charge in [-0.2, -0.15) is 4.80 Å². The molecule has 0 fully saturated rings. The number of esters is 1. The van der Waals surface area contributed by atoms with E-state index in [2.05, 4.69) is 15.4 Å². The fourth-order valence-electron chi connectivity index (χ4n) is 2.09. The van der Waals surface area contributed by atoms with E-state index in [1.165, 1.54) is 4.80 Å². The van der Waals surface area contributed by atoms with Gasteiger partial charge in [-0.05, 0) is 44.0 Å². The van der Waals surface area contributed by atoms with Gasteiger partial charge >= 0.3 is 5.97 Å². The second kappa shape index (κ2) is 6.76. The first-order valence-electron chi connectivity index (χ1n) is 7.52. The topological polar surface area (TPSA) is 90.1 Å². The van der Waals surface area contributed by atoms with Gasteiger partial charge in [0.15, 0.2) is 0 Å². The van der Waals surface area contributed by atoms with Crippen LogP contribution in [-0.4, -0.2) is 36.9 Å². The van der Waals surface area contributed by atoms with Crippen molar-refractivity contribution < 1.29 is 14.6 Å². The molecule has 0 unspecified atom stereocenters. The monoisotopic (exact) mass is 318 g/mol. The number of carbonyl (C=O) groups is 1. The molecular formula is C16H22N4O3. The number of phenols is 1. The number of rotatable bonds is 5. The highest BCUT2D eigenvalue weighted by atomic mass is 16.6. The SMILES string of the molecule is C[C@H](CC(=O)OC(C)(C)C)Cn1nnc(-c2cccc(O)c2)n1. The maximum Gasteiger partial charge on any atom is 0.306 e. The summed E-state index contributed by atoms with van der Waals surface area (Å²) in [6, 6.07) is 6.67. The van der Waals surface area contributed by atoms with Crippen molar-refractivity contribution in [3.05, 3.63) is 24.3 Å². The maximum atomic E-state index is 11.8. The Morgan fingerprint density at radius 3 is 2.78 bits per heavy atom. The Morgan fingerprint density at radius 1 is 1.39 bits per heavy atom. The minimum Gasteiger partial charge on any atom is -0.508 e. The third-order valence-electron chi connectivity index (χ3n) is 2.97. The normalized spacial score (nSPS) is 12.9. The number of ether oxygens (including phenoxy) is 1. The Labute approximate surface area is 135 Å². The number of benzene rings is 1. The van der Waals surface area contributed by atoms with Crippen molar-refractivity contribution in [1.82, 2.24) is 20.2 Å². The van der Waals surface area contributed by atoms with E-state index >= 15 is 0 Å².